The summed E-state index contributed by atoms with van der Waals surface area (Å²) in [5.74, 6) is 0.0196. The fourth-order valence-corrected chi connectivity index (χ4v) is 5.09. The zero-order valence-electron chi connectivity index (χ0n) is 18.2. The molecule has 2 aliphatic heterocycles. The van der Waals surface area contributed by atoms with Gasteiger partial charge in [0.25, 0.3) is 5.91 Å². The Labute approximate surface area is 192 Å². The Balaban J connectivity index is 1.28. The second-order valence-electron chi connectivity index (χ2n) is 7.85. The molecule has 7 nitrogen and oxygen atoms in total. The number of carbonyl (C=O) groups excluding carboxylic acids is 3. The van der Waals surface area contributed by atoms with E-state index in [1.165, 1.54) is 24.9 Å². The van der Waals surface area contributed by atoms with Crippen LogP contribution in [0.3, 0.4) is 0 Å². The molecule has 2 heterocycles. The van der Waals surface area contributed by atoms with Gasteiger partial charge < -0.3 is 14.5 Å². The zero-order chi connectivity index (χ0) is 22.5. The van der Waals surface area contributed by atoms with Crippen LogP contribution in [0.2, 0.25) is 0 Å². The monoisotopic (exact) mass is 453 g/mol. The van der Waals surface area contributed by atoms with E-state index in [0.717, 1.165) is 42.4 Å². The van der Waals surface area contributed by atoms with Crippen molar-refractivity contribution in [3.05, 3.63) is 59.1 Å². The number of hydrogen-bond acceptors (Lipinski definition) is 6. The summed E-state index contributed by atoms with van der Waals surface area (Å²) in [5.41, 5.74) is 0.756. The average Bonchev–Trinajstić information content (AvgIpc) is 3.17. The minimum Gasteiger partial charge on any atom is -0.466 e. The van der Waals surface area contributed by atoms with Gasteiger partial charge in [-0.05, 0) is 29.8 Å². The number of amides is 2. The van der Waals surface area contributed by atoms with Gasteiger partial charge in [0, 0.05) is 38.3 Å². The van der Waals surface area contributed by atoms with Crippen LogP contribution in [-0.4, -0.2) is 84.6 Å². The maximum Gasteiger partial charge on any atom is 0.333 e. The molecule has 0 spiro atoms. The third-order valence-corrected chi connectivity index (χ3v) is 6.91. The number of benzene rings is 2. The molecule has 2 amide bonds. The van der Waals surface area contributed by atoms with Gasteiger partial charge in [-0.1, -0.05) is 48.2 Å². The van der Waals surface area contributed by atoms with Gasteiger partial charge in [0.05, 0.1) is 24.0 Å². The molecule has 2 saturated heterocycles. The number of rotatable bonds is 6. The number of nitrogens with zero attached hydrogens (tertiary/aromatic N) is 3. The molecule has 2 aromatic rings. The van der Waals surface area contributed by atoms with E-state index >= 15 is 0 Å². The summed E-state index contributed by atoms with van der Waals surface area (Å²) < 4.78 is 4.67. The molecular weight excluding hydrogens is 426 g/mol. The summed E-state index contributed by atoms with van der Waals surface area (Å²) in [5, 5.41) is 2.73. The number of carbonyl (C=O) groups is 3. The zero-order valence-corrected chi connectivity index (χ0v) is 19.0. The van der Waals surface area contributed by atoms with Crippen molar-refractivity contribution in [2.24, 2.45) is 0 Å². The molecule has 0 aliphatic carbocycles. The first-order chi connectivity index (χ1) is 15.6. The van der Waals surface area contributed by atoms with Crippen LogP contribution in [-0.2, 0) is 14.3 Å². The van der Waals surface area contributed by atoms with E-state index in [2.05, 4.69) is 9.64 Å². The Morgan fingerprint density at radius 1 is 1.03 bits per heavy atom. The Morgan fingerprint density at radius 3 is 2.56 bits per heavy atom. The second kappa shape index (κ2) is 10.2. The molecule has 2 fully saturated rings. The lowest BCUT2D eigenvalue weighted by atomic mass is 10.0. The Morgan fingerprint density at radius 2 is 1.78 bits per heavy atom. The molecule has 32 heavy (non-hydrogen) atoms. The Kier molecular flexibility index (Phi) is 7.12. The van der Waals surface area contributed by atoms with Crippen molar-refractivity contribution in [1.29, 1.82) is 0 Å². The van der Waals surface area contributed by atoms with Crippen LogP contribution in [0, 0.1) is 0 Å². The van der Waals surface area contributed by atoms with Crippen molar-refractivity contribution >= 4 is 40.3 Å². The topological polar surface area (TPSA) is 70.2 Å². The van der Waals surface area contributed by atoms with Crippen LogP contribution < -0.4 is 0 Å². The lowest BCUT2D eigenvalue weighted by Gasteiger charge is -2.35. The third kappa shape index (κ3) is 4.97. The first-order valence-corrected chi connectivity index (χ1v) is 11.8. The minimum atomic E-state index is -0.445. The number of esters is 1. The number of fused-ring (bicyclic) bond motifs is 1. The molecule has 0 N–H and O–H groups in total. The van der Waals surface area contributed by atoms with Gasteiger partial charge in [-0.15, -0.1) is 0 Å². The summed E-state index contributed by atoms with van der Waals surface area (Å²) in [6, 6.07) is 13.8. The quantitative estimate of drug-likeness (QED) is 0.495. The summed E-state index contributed by atoms with van der Waals surface area (Å²) in [4.78, 5) is 42.7. The number of thioether (sulfide) groups is 1. The molecule has 0 aromatic heterocycles. The highest BCUT2D eigenvalue weighted by molar-refractivity contribution is 8.04. The van der Waals surface area contributed by atoms with Gasteiger partial charge in [0.2, 0.25) is 5.91 Å². The minimum absolute atomic E-state index is 0.0238. The molecular formula is C24H27N3O4S. The number of piperazine rings is 1. The highest BCUT2D eigenvalue weighted by Gasteiger charge is 2.28. The molecule has 2 aliphatic rings. The normalized spacial score (nSPS) is 18.5. The van der Waals surface area contributed by atoms with Crippen LogP contribution in [0.5, 0.6) is 0 Å². The van der Waals surface area contributed by atoms with E-state index < -0.39 is 5.97 Å². The Bertz CT molecular complexity index is 1040. The van der Waals surface area contributed by atoms with Crippen molar-refractivity contribution in [1.82, 2.24) is 14.7 Å². The molecule has 0 bridgehead atoms. The van der Waals surface area contributed by atoms with E-state index in [4.69, 9.17) is 0 Å². The van der Waals surface area contributed by atoms with Crippen LogP contribution in [0.4, 0.5) is 0 Å². The maximum absolute atomic E-state index is 13.1. The predicted molar refractivity (Wildman–Crippen MR) is 125 cm³/mol. The average molecular weight is 454 g/mol. The van der Waals surface area contributed by atoms with Gasteiger partial charge in [0.15, 0.2) is 0 Å². The summed E-state index contributed by atoms with van der Waals surface area (Å²) in [7, 11) is 1.33. The SMILES string of the molecule is COC(=O)C=C1SCC(=O)N1CCCN1CCN(C(=O)c2cccc3ccccc23)CC1. The number of ether oxygens (including phenoxy) is 1. The Hall–Kier alpha value is -2.84. The van der Waals surface area contributed by atoms with Crippen molar-refractivity contribution in [3.8, 4) is 0 Å². The molecule has 0 saturated carbocycles. The van der Waals surface area contributed by atoms with E-state index in [-0.39, 0.29) is 11.8 Å². The fraction of sp³-hybridized carbons (Fsp3) is 0.375. The van der Waals surface area contributed by atoms with Crippen molar-refractivity contribution in [3.63, 3.8) is 0 Å². The summed E-state index contributed by atoms with van der Waals surface area (Å²) in [6.07, 6.45) is 2.19. The molecule has 0 radical (unpaired) electrons. The standard InChI is InChI=1S/C24H27N3O4S/c1-31-23(29)16-22-27(21(28)17-32-22)11-5-10-25-12-14-26(15-13-25)24(30)20-9-4-7-18-6-2-3-8-19(18)20/h2-4,6-9,16H,5,10-15,17H2,1H3. The predicted octanol–water partition coefficient (Wildman–Crippen LogP) is 2.58. The van der Waals surface area contributed by atoms with Crippen LogP contribution in [0.1, 0.15) is 16.8 Å². The largest absolute Gasteiger partial charge is 0.466 e. The van der Waals surface area contributed by atoms with Crippen LogP contribution in [0.25, 0.3) is 10.8 Å². The van der Waals surface area contributed by atoms with Gasteiger partial charge in [-0.2, -0.15) is 0 Å². The third-order valence-electron chi connectivity index (χ3n) is 5.89. The first-order valence-electron chi connectivity index (χ1n) is 10.8. The molecule has 8 heteroatoms. The fourth-order valence-electron chi connectivity index (χ4n) is 4.14. The highest BCUT2D eigenvalue weighted by Crippen LogP contribution is 2.29. The maximum atomic E-state index is 13.1. The molecule has 0 atom stereocenters. The highest BCUT2D eigenvalue weighted by atomic mass is 32.2. The van der Waals surface area contributed by atoms with Gasteiger partial charge in [-0.25, -0.2) is 4.79 Å². The van der Waals surface area contributed by atoms with Crippen LogP contribution in [0.15, 0.2) is 53.6 Å². The number of hydrogen-bond donors (Lipinski definition) is 0. The van der Waals surface area contributed by atoms with Crippen molar-refractivity contribution in [2.45, 2.75) is 6.42 Å². The lowest BCUT2D eigenvalue weighted by molar-refractivity contribution is -0.134. The van der Waals surface area contributed by atoms with E-state index in [0.29, 0.717) is 30.4 Å². The molecule has 168 valence electrons. The van der Waals surface area contributed by atoms with Gasteiger partial charge in [0.1, 0.15) is 0 Å². The number of methoxy groups -OCH3 is 1. The summed E-state index contributed by atoms with van der Waals surface area (Å²) >= 11 is 1.37. The van der Waals surface area contributed by atoms with Gasteiger partial charge >= 0.3 is 5.97 Å². The van der Waals surface area contributed by atoms with Gasteiger partial charge in [-0.3, -0.25) is 14.5 Å². The van der Waals surface area contributed by atoms with E-state index in [9.17, 15) is 14.4 Å². The summed E-state index contributed by atoms with van der Waals surface area (Å²) in [6.45, 7) is 4.41. The van der Waals surface area contributed by atoms with Crippen LogP contribution >= 0.6 is 11.8 Å². The van der Waals surface area contributed by atoms with E-state index in [1.54, 1.807) is 4.90 Å². The van der Waals surface area contributed by atoms with Crippen molar-refractivity contribution < 1.29 is 19.1 Å². The molecule has 2 aromatic carbocycles. The molecule has 4 rings (SSSR count). The van der Waals surface area contributed by atoms with E-state index in [1.807, 2.05) is 47.4 Å². The first kappa shape index (κ1) is 22.4. The van der Waals surface area contributed by atoms with Crippen molar-refractivity contribution in [2.75, 3.05) is 52.1 Å². The second-order valence-corrected chi connectivity index (χ2v) is 8.85. The lowest BCUT2D eigenvalue weighted by Crippen LogP contribution is -2.49. The molecule has 0 unspecified atom stereocenters. The smallest absolute Gasteiger partial charge is 0.333 e.